The summed E-state index contributed by atoms with van der Waals surface area (Å²) in [6, 6.07) is 0. The maximum Gasteiger partial charge on any atom is 0.306 e. The van der Waals surface area contributed by atoms with E-state index >= 15 is 0 Å². The van der Waals surface area contributed by atoms with Crippen molar-refractivity contribution in [1.29, 1.82) is 0 Å². The van der Waals surface area contributed by atoms with E-state index in [0.717, 1.165) is 122 Å². The fourth-order valence-corrected chi connectivity index (χ4v) is 9.93. The highest BCUT2D eigenvalue weighted by Gasteiger charge is 2.19. The molecule has 6 heteroatoms. The molecule has 0 aromatic rings. The summed E-state index contributed by atoms with van der Waals surface area (Å²) < 4.78 is 16.9. The largest absolute Gasteiger partial charge is 0.462 e. The van der Waals surface area contributed by atoms with Gasteiger partial charge in [0.25, 0.3) is 0 Å². The average Bonchev–Trinajstić information content (AvgIpc) is 3.48. The van der Waals surface area contributed by atoms with Crippen LogP contribution >= 0.6 is 0 Å². The van der Waals surface area contributed by atoms with Gasteiger partial charge in [-0.1, -0.05) is 310 Å². The Labute approximate surface area is 514 Å². The van der Waals surface area contributed by atoms with Crippen molar-refractivity contribution in [2.45, 2.75) is 348 Å². The molecule has 1 unspecified atom stereocenters. The SMILES string of the molecule is CC/C=C\C/C=C\C/C=C\C/C=C\C/C=C\C/C=C\C/C=C\CCCCCC(=O)OC(COC(=O)CCCCCCC/C=C\CCCC)COC(=O)CCCCCCCCCCCCCCCCCCC/C=C\CCCCCCCCCC. The fourth-order valence-electron chi connectivity index (χ4n) is 9.93. The Hall–Kier alpha value is -3.93. The molecule has 0 saturated heterocycles. The van der Waals surface area contributed by atoms with Gasteiger partial charge in [-0.15, -0.1) is 0 Å². The van der Waals surface area contributed by atoms with E-state index in [2.05, 4.69) is 130 Å². The van der Waals surface area contributed by atoms with E-state index in [1.165, 1.54) is 180 Å². The van der Waals surface area contributed by atoms with Gasteiger partial charge in [0, 0.05) is 19.3 Å². The maximum absolute atomic E-state index is 12.9. The second-order valence-electron chi connectivity index (χ2n) is 23.4. The smallest absolute Gasteiger partial charge is 0.306 e. The molecule has 0 N–H and O–H groups in total. The number of carbonyl (C=O) groups is 3. The number of rotatable bonds is 64. The predicted molar refractivity (Wildman–Crippen MR) is 362 cm³/mol. The highest BCUT2D eigenvalue weighted by Crippen LogP contribution is 2.17. The number of carbonyl (C=O) groups excluding carboxylic acids is 3. The first kappa shape index (κ1) is 79.1. The van der Waals surface area contributed by atoms with Gasteiger partial charge < -0.3 is 14.2 Å². The number of esters is 3. The standard InChI is InChI=1S/C77H132O6/c1-4-7-10-13-16-19-22-24-26-28-30-32-34-36-37-38-39-41-42-44-46-48-50-52-55-58-61-64-67-70-76(79)82-73-74(72-81-75(78)69-66-63-60-57-54-21-18-15-12-9-6-3)83-77(80)71-68-65-62-59-56-53-51-49-47-45-43-40-35-33-31-29-27-25-23-20-17-14-11-8-5-2/h8,11,15,17-18,20,25,27-28,30-31,33,40,43,47,49,53,56,74H,4-7,9-10,12-14,16,19,21-24,26,29,32,34-39,41-42,44-46,48,50-52,54-55,57-73H2,1-3H3/b11-8-,18-15-,20-17-,27-25-,30-28-,33-31-,43-40-,49-47-,56-53-. The van der Waals surface area contributed by atoms with Crippen molar-refractivity contribution < 1.29 is 28.6 Å². The van der Waals surface area contributed by atoms with Crippen LogP contribution in [0.5, 0.6) is 0 Å². The first-order valence-corrected chi connectivity index (χ1v) is 35.4. The van der Waals surface area contributed by atoms with E-state index in [-0.39, 0.29) is 37.5 Å². The lowest BCUT2D eigenvalue weighted by Crippen LogP contribution is -2.30. The molecule has 0 heterocycles. The molecule has 6 nitrogen and oxygen atoms in total. The molecule has 0 rings (SSSR count). The molecular formula is C77H132O6. The van der Waals surface area contributed by atoms with Crippen molar-refractivity contribution in [3.8, 4) is 0 Å². The van der Waals surface area contributed by atoms with Gasteiger partial charge in [0.05, 0.1) is 0 Å². The van der Waals surface area contributed by atoms with Gasteiger partial charge in [-0.2, -0.15) is 0 Å². The second-order valence-corrected chi connectivity index (χ2v) is 23.4. The highest BCUT2D eigenvalue weighted by molar-refractivity contribution is 5.71. The lowest BCUT2D eigenvalue weighted by atomic mass is 10.0. The second kappa shape index (κ2) is 70.6. The van der Waals surface area contributed by atoms with Gasteiger partial charge in [0.1, 0.15) is 13.2 Å². The molecule has 0 saturated carbocycles. The van der Waals surface area contributed by atoms with E-state index in [9.17, 15) is 14.4 Å². The Morgan fingerprint density at radius 2 is 0.482 bits per heavy atom. The van der Waals surface area contributed by atoms with Crippen molar-refractivity contribution in [3.05, 3.63) is 109 Å². The van der Waals surface area contributed by atoms with Crippen LogP contribution in [0.25, 0.3) is 0 Å². The minimum absolute atomic E-state index is 0.0932. The lowest BCUT2D eigenvalue weighted by molar-refractivity contribution is -0.167. The number of allylic oxidation sites excluding steroid dienone is 18. The summed E-state index contributed by atoms with van der Waals surface area (Å²) in [5.41, 5.74) is 0. The normalized spacial score (nSPS) is 12.8. The quantitative estimate of drug-likeness (QED) is 0.0261. The summed E-state index contributed by atoms with van der Waals surface area (Å²) in [5, 5.41) is 0. The summed E-state index contributed by atoms with van der Waals surface area (Å²) in [4.78, 5) is 38.3. The molecule has 0 aliphatic carbocycles. The summed E-state index contributed by atoms with van der Waals surface area (Å²) in [6.07, 6.45) is 97.0. The Balaban J connectivity index is 4.27. The molecule has 0 amide bonds. The minimum Gasteiger partial charge on any atom is -0.462 e. The van der Waals surface area contributed by atoms with Crippen LogP contribution in [0.1, 0.15) is 342 Å². The van der Waals surface area contributed by atoms with Crippen LogP contribution in [0.2, 0.25) is 0 Å². The Morgan fingerprint density at radius 3 is 0.795 bits per heavy atom. The van der Waals surface area contributed by atoms with Crippen LogP contribution in [-0.4, -0.2) is 37.2 Å². The van der Waals surface area contributed by atoms with Crippen molar-refractivity contribution in [2.75, 3.05) is 13.2 Å². The van der Waals surface area contributed by atoms with Crippen LogP contribution in [0.15, 0.2) is 109 Å². The van der Waals surface area contributed by atoms with Crippen molar-refractivity contribution >= 4 is 17.9 Å². The third-order valence-electron chi connectivity index (χ3n) is 15.2. The van der Waals surface area contributed by atoms with Crippen LogP contribution in [0.4, 0.5) is 0 Å². The first-order valence-electron chi connectivity index (χ1n) is 35.4. The van der Waals surface area contributed by atoms with E-state index in [4.69, 9.17) is 14.2 Å². The molecule has 0 bridgehead atoms. The summed E-state index contributed by atoms with van der Waals surface area (Å²) in [7, 11) is 0. The molecule has 83 heavy (non-hydrogen) atoms. The van der Waals surface area contributed by atoms with Crippen LogP contribution in [0.3, 0.4) is 0 Å². The van der Waals surface area contributed by atoms with Gasteiger partial charge in [-0.05, 0) is 122 Å². The number of unbranched alkanes of at least 4 members (excludes halogenated alkanes) is 35. The zero-order valence-electron chi connectivity index (χ0n) is 54.7. The first-order chi connectivity index (χ1) is 41.0. The summed E-state index contributed by atoms with van der Waals surface area (Å²) >= 11 is 0. The lowest BCUT2D eigenvalue weighted by Gasteiger charge is -2.18. The zero-order chi connectivity index (χ0) is 59.9. The van der Waals surface area contributed by atoms with Gasteiger partial charge >= 0.3 is 17.9 Å². The van der Waals surface area contributed by atoms with Crippen molar-refractivity contribution in [1.82, 2.24) is 0 Å². The molecule has 0 spiro atoms. The van der Waals surface area contributed by atoms with E-state index in [1.54, 1.807) is 0 Å². The average molecular weight is 1150 g/mol. The van der Waals surface area contributed by atoms with E-state index in [0.29, 0.717) is 12.8 Å². The summed E-state index contributed by atoms with van der Waals surface area (Å²) in [5.74, 6) is -0.926. The molecule has 0 fully saturated rings. The molecule has 0 aromatic heterocycles. The maximum atomic E-state index is 12.9. The summed E-state index contributed by atoms with van der Waals surface area (Å²) in [6.45, 7) is 6.48. The van der Waals surface area contributed by atoms with Gasteiger partial charge in [0.2, 0.25) is 0 Å². The molecule has 0 aliphatic heterocycles. The third-order valence-corrected chi connectivity index (χ3v) is 15.2. The molecular weight excluding hydrogens is 1020 g/mol. The van der Waals surface area contributed by atoms with Crippen LogP contribution in [-0.2, 0) is 28.6 Å². The molecule has 0 aliphatic rings. The highest BCUT2D eigenvalue weighted by atomic mass is 16.6. The van der Waals surface area contributed by atoms with Gasteiger partial charge in [-0.3, -0.25) is 14.4 Å². The zero-order valence-corrected chi connectivity index (χ0v) is 54.7. The van der Waals surface area contributed by atoms with Crippen LogP contribution < -0.4 is 0 Å². The molecule has 0 radical (unpaired) electrons. The van der Waals surface area contributed by atoms with Gasteiger partial charge in [-0.25, -0.2) is 0 Å². The third kappa shape index (κ3) is 68.7. The molecule has 0 aromatic carbocycles. The van der Waals surface area contributed by atoms with Crippen molar-refractivity contribution in [3.63, 3.8) is 0 Å². The monoisotopic (exact) mass is 1150 g/mol. The number of ether oxygens (including phenoxy) is 3. The molecule has 476 valence electrons. The predicted octanol–water partition coefficient (Wildman–Crippen LogP) is 24.6. The van der Waals surface area contributed by atoms with E-state index in [1.807, 2.05) is 0 Å². The Morgan fingerprint density at radius 1 is 0.253 bits per heavy atom. The van der Waals surface area contributed by atoms with E-state index < -0.39 is 6.10 Å². The Bertz CT molecular complexity index is 1660. The topological polar surface area (TPSA) is 78.9 Å². The van der Waals surface area contributed by atoms with Gasteiger partial charge in [0.15, 0.2) is 6.10 Å². The minimum atomic E-state index is -0.801. The van der Waals surface area contributed by atoms with Crippen LogP contribution in [0, 0.1) is 0 Å². The van der Waals surface area contributed by atoms with Crippen molar-refractivity contribution in [2.24, 2.45) is 0 Å². The number of hydrogen-bond acceptors (Lipinski definition) is 6. The Kier molecular flexibility index (Phi) is 67.2. The fraction of sp³-hybridized carbons (Fsp3) is 0.727. The molecule has 1 atom stereocenters. The number of hydrogen-bond donors (Lipinski definition) is 0.